The Balaban J connectivity index is 0.00000161. The van der Waals surface area contributed by atoms with E-state index < -0.39 is 5.54 Å². The van der Waals surface area contributed by atoms with Crippen LogP contribution >= 0.6 is 12.4 Å². The van der Waals surface area contributed by atoms with Gasteiger partial charge in [0.25, 0.3) is 5.89 Å². The summed E-state index contributed by atoms with van der Waals surface area (Å²) in [4.78, 5) is 4.41. The van der Waals surface area contributed by atoms with E-state index in [1.807, 2.05) is 12.1 Å². The third-order valence-electron chi connectivity index (χ3n) is 3.76. The van der Waals surface area contributed by atoms with E-state index in [1.165, 1.54) is 0 Å². The summed E-state index contributed by atoms with van der Waals surface area (Å²) in [7, 11) is 3.19. The van der Waals surface area contributed by atoms with Crippen molar-refractivity contribution in [2.24, 2.45) is 5.73 Å². The highest BCUT2D eigenvalue weighted by molar-refractivity contribution is 5.85. The lowest BCUT2D eigenvalue weighted by Crippen LogP contribution is -2.44. The van der Waals surface area contributed by atoms with E-state index in [-0.39, 0.29) is 12.4 Å². The molecule has 1 aromatic carbocycles. The molecule has 3 rings (SSSR count). The number of benzene rings is 1. The molecule has 2 N–H and O–H groups in total. The zero-order chi connectivity index (χ0) is 14.2. The number of ether oxygens (including phenoxy) is 2. The number of nitrogens with zero attached hydrogens (tertiary/aromatic N) is 2. The predicted octanol–water partition coefficient (Wildman–Crippen LogP) is 2.51. The van der Waals surface area contributed by atoms with E-state index in [1.54, 1.807) is 20.3 Å². The molecule has 1 fully saturated rings. The predicted molar refractivity (Wildman–Crippen MR) is 79.8 cm³/mol. The summed E-state index contributed by atoms with van der Waals surface area (Å²) < 4.78 is 15.8. The van der Waals surface area contributed by atoms with E-state index >= 15 is 0 Å². The summed E-state index contributed by atoms with van der Waals surface area (Å²) in [6.07, 6.45) is 2.89. The molecule has 0 saturated heterocycles. The maximum absolute atomic E-state index is 6.20. The van der Waals surface area contributed by atoms with Gasteiger partial charge in [-0.3, -0.25) is 0 Å². The lowest BCUT2D eigenvalue weighted by molar-refractivity contribution is 0.229. The summed E-state index contributed by atoms with van der Waals surface area (Å²) in [5.41, 5.74) is 6.50. The minimum atomic E-state index is -0.429. The standard InChI is InChI=1S/C14H17N3O3.ClH/c1-18-9-4-5-10(11(8-9)19-2)12-16-13(17-20-12)14(15)6-3-7-14;/h4-5,8H,3,6-7,15H2,1-2H3;1H. The average molecular weight is 312 g/mol. The highest BCUT2D eigenvalue weighted by Crippen LogP contribution is 2.39. The van der Waals surface area contributed by atoms with Gasteiger partial charge in [-0.2, -0.15) is 4.98 Å². The van der Waals surface area contributed by atoms with Crippen LogP contribution in [0.15, 0.2) is 22.7 Å². The van der Waals surface area contributed by atoms with E-state index in [0.29, 0.717) is 23.2 Å². The van der Waals surface area contributed by atoms with Gasteiger partial charge in [0.05, 0.1) is 25.3 Å². The van der Waals surface area contributed by atoms with Crippen molar-refractivity contribution < 1.29 is 14.0 Å². The number of hydrogen-bond acceptors (Lipinski definition) is 6. The Morgan fingerprint density at radius 2 is 2.00 bits per heavy atom. The molecule has 0 aliphatic heterocycles. The van der Waals surface area contributed by atoms with Crippen molar-refractivity contribution in [1.82, 2.24) is 10.1 Å². The molecule has 1 aliphatic rings. The van der Waals surface area contributed by atoms with E-state index in [0.717, 1.165) is 24.8 Å². The molecule has 1 aromatic heterocycles. The van der Waals surface area contributed by atoms with Crippen LogP contribution in [0.1, 0.15) is 25.1 Å². The van der Waals surface area contributed by atoms with Crippen LogP contribution in [0, 0.1) is 0 Å². The first-order chi connectivity index (χ1) is 9.66. The Hall–Kier alpha value is -1.79. The molecule has 0 bridgehead atoms. The summed E-state index contributed by atoms with van der Waals surface area (Å²) in [5.74, 6) is 2.31. The van der Waals surface area contributed by atoms with Crippen LogP contribution in [0.4, 0.5) is 0 Å². The van der Waals surface area contributed by atoms with Crippen molar-refractivity contribution in [3.63, 3.8) is 0 Å². The van der Waals surface area contributed by atoms with Gasteiger partial charge in [-0.05, 0) is 31.4 Å². The van der Waals surface area contributed by atoms with Crippen molar-refractivity contribution in [3.8, 4) is 23.0 Å². The van der Waals surface area contributed by atoms with Gasteiger partial charge >= 0.3 is 0 Å². The zero-order valence-corrected chi connectivity index (χ0v) is 12.8. The molecule has 0 unspecified atom stereocenters. The molecule has 6 nitrogen and oxygen atoms in total. The topological polar surface area (TPSA) is 83.4 Å². The Morgan fingerprint density at radius 1 is 1.24 bits per heavy atom. The van der Waals surface area contributed by atoms with Crippen molar-refractivity contribution in [3.05, 3.63) is 24.0 Å². The summed E-state index contributed by atoms with van der Waals surface area (Å²) in [5, 5.41) is 4.01. The van der Waals surface area contributed by atoms with E-state index in [9.17, 15) is 0 Å². The van der Waals surface area contributed by atoms with Gasteiger partial charge in [0.15, 0.2) is 5.82 Å². The largest absolute Gasteiger partial charge is 0.497 e. The monoisotopic (exact) mass is 311 g/mol. The second kappa shape index (κ2) is 5.91. The van der Waals surface area contributed by atoms with Gasteiger partial charge in [0.2, 0.25) is 0 Å². The SMILES string of the molecule is COc1ccc(-c2nc(C3(N)CCC3)no2)c(OC)c1.Cl. The smallest absolute Gasteiger partial charge is 0.261 e. The molecule has 21 heavy (non-hydrogen) atoms. The molecule has 0 amide bonds. The first kappa shape index (κ1) is 15.6. The second-order valence-electron chi connectivity index (χ2n) is 5.00. The minimum absolute atomic E-state index is 0. The first-order valence-electron chi connectivity index (χ1n) is 6.52. The van der Waals surface area contributed by atoms with Crippen LogP contribution in [0.25, 0.3) is 11.5 Å². The van der Waals surface area contributed by atoms with Gasteiger partial charge in [0, 0.05) is 6.07 Å². The Labute approximate surface area is 129 Å². The van der Waals surface area contributed by atoms with Crippen LogP contribution in [0.2, 0.25) is 0 Å². The molecule has 1 saturated carbocycles. The van der Waals surface area contributed by atoms with Crippen molar-refractivity contribution in [2.45, 2.75) is 24.8 Å². The third-order valence-corrected chi connectivity index (χ3v) is 3.76. The molecule has 2 aromatic rings. The molecule has 0 atom stereocenters. The number of halogens is 1. The van der Waals surface area contributed by atoms with E-state index in [2.05, 4.69) is 10.1 Å². The second-order valence-corrected chi connectivity index (χ2v) is 5.00. The van der Waals surface area contributed by atoms with E-state index in [4.69, 9.17) is 19.7 Å². The van der Waals surface area contributed by atoms with Gasteiger partial charge in [0.1, 0.15) is 11.5 Å². The summed E-state index contributed by atoms with van der Waals surface area (Å²) in [6.45, 7) is 0. The summed E-state index contributed by atoms with van der Waals surface area (Å²) in [6, 6.07) is 5.43. The lowest BCUT2D eigenvalue weighted by atomic mass is 9.77. The molecule has 1 heterocycles. The quantitative estimate of drug-likeness (QED) is 0.934. The number of hydrogen-bond donors (Lipinski definition) is 1. The van der Waals surface area contributed by atoms with Crippen LogP contribution in [0.3, 0.4) is 0 Å². The maximum atomic E-state index is 6.20. The third kappa shape index (κ3) is 2.69. The lowest BCUT2D eigenvalue weighted by Gasteiger charge is -2.34. The fraction of sp³-hybridized carbons (Fsp3) is 0.429. The fourth-order valence-corrected chi connectivity index (χ4v) is 2.29. The molecular weight excluding hydrogens is 294 g/mol. The van der Waals surface area contributed by atoms with Crippen LogP contribution < -0.4 is 15.2 Å². The normalized spacial score (nSPS) is 15.8. The average Bonchev–Trinajstić information content (AvgIpc) is 2.93. The Kier molecular flexibility index (Phi) is 4.39. The molecule has 0 spiro atoms. The van der Waals surface area contributed by atoms with Crippen LogP contribution in [0.5, 0.6) is 11.5 Å². The highest BCUT2D eigenvalue weighted by atomic mass is 35.5. The van der Waals surface area contributed by atoms with Crippen molar-refractivity contribution in [2.75, 3.05) is 14.2 Å². The first-order valence-corrected chi connectivity index (χ1v) is 6.52. The van der Waals surface area contributed by atoms with Gasteiger partial charge in [-0.15, -0.1) is 12.4 Å². The zero-order valence-electron chi connectivity index (χ0n) is 12.0. The molecular formula is C14H18ClN3O3. The number of rotatable bonds is 4. The Bertz CT molecular complexity index is 626. The van der Waals surface area contributed by atoms with Crippen molar-refractivity contribution in [1.29, 1.82) is 0 Å². The minimum Gasteiger partial charge on any atom is -0.497 e. The van der Waals surface area contributed by atoms with Crippen LogP contribution in [-0.2, 0) is 5.54 Å². The highest BCUT2D eigenvalue weighted by Gasteiger charge is 2.39. The number of nitrogens with two attached hydrogens (primary N) is 1. The molecule has 1 aliphatic carbocycles. The van der Waals surface area contributed by atoms with Gasteiger partial charge in [-0.1, -0.05) is 5.16 Å². The summed E-state index contributed by atoms with van der Waals surface area (Å²) >= 11 is 0. The molecule has 114 valence electrons. The fourth-order valence-electron chi connectivity index (χ4n) is 2.29. The molecule has 0 radical (unpaired) electrons. The Morgan fingerprint density at radius 3 is 2.57 bits per heavy atom. The van der Waals surface area contributed by atoms with Crippen LogP contribution in [-0.4, -0.2) is 24.4 Å². The van der Waals surface area contributed by atoms with Gasteiger partial charge in [-0.25, -0.2) is 0 Å². The van der Waals surface area contributed by atoms with Crippen molar-refractivity contribution >= 4 is 12.4 Å². The molecule has 7 heteroatoms. The van der Waals surface area contributed by atoms with Gasteiger partial charge < -0.3 is 19.7 Å². The number of aromatic nitrogens is 2. The number of methoxy groups -OCH3 is 2. The maximum Gasteiger partial charge on any atom is 0.261 e.